The number of hydrogen-bond donors (Lipinski definition) is 2. The minimum Gasteiger partial charge on any atom is -0.385 e. The zero-order valence-corrected chi connectivity index (χ0v) is 9.90. The molecule has 6 heteroatoms. The summed E-state index contributed by atoms with van der Waals surface area (Å²) in [7, 11) is 0. The zero-order valence-electron chi connectivity index (χ0n) is 9.90. The van der Waals surface area contributed by atoms with Crippen molar-refractivity contribution in [3.05, 3.63) is 17.8 Å². The van der Waals surface area contributed by atoms with Crippen molar-refractivity contribution < 1.29 is 14.2 Å². The fraction of sp³-hybridized carbons (Fsp3) is 0.636. The largest absolute Gasteiger partial charge is 0.385 e. The molecule has 2 unspecified atom stereocenters. The van der Waals surface area contributed by atoms with E-state index in [1.165, 1.54) is 6.33 Å². The van der Waals surface area contributed by atoms with Gasteiger partial charge in [0.1, 0.15) is 11.9 Å². The van der Waals surface area contributed by atoms with Crippen LogP contribution in [0.2, 0.25) is 0 Å². The van der Waals surface area contributed by atoms with E-state index in [9.17, 15) is 9.50 Å². The summed E-state index contributed by atoms with van der Waals surface area (Å²) in [5.74, 6) is -0.368. The van der Waals surface area contributed by atoms with Crippen LogP contribution < -0.4 is 5.32 Å². The average molecular weight is 241 g/mol. The first-order valence-corrected chi connectivity index (χ1v) is 5.58. The lowest BCUT2D eigenvalue weighted by Gasteiger charge is -2.26. The summed E-state index contributed by atoms with van der Waals surface area (Å²) < 4.78 is 18.9. The molecule has 0 saturated carbocycles. The highest BCUT2D eigenvalue weighted by atomic mass is 19.1. The third-order valence-electron chi connectivity index (χ3n) is 3.19. The van der Waals surface area contributed by atoms with Gasteiger partial charge in [-0.05, 0) is 13.8 Å². The first-order chi connectivity index (χ1) is 8.03. The Hall–Kier alpha value is -1.27. The van der Waals surface area contributed by atoms with E-state index in [2.05, 4.69) is 15.3 Å². The molecule has 2 heterocycles. The van der Waals surface area contributed by atoms with E-state index in [4.69, 9.17) is 4.74 Å². The summed E-state index contributed by atoms with van der Waals surface area (Å²) in [6, 6.07) is 0. The van der Waals surface area contributed by atoms with E-state index in [0.717, 1.165) is 0 Å². The van der Waals surface area contributed by atoms with Gasteiger partial charge in [0.2, 0.25) is 0 Å². The number of anilines is 1. The quantitative estimate of drug-likeness (QED) is 0.822. The highest BCUT2D eigenvalue weighted by Gasteiger charge is 2.39. The molecule has 0 amide bonds. The van der Waals surface area contributed by atoms with Gasteiger partial charge in [-0.2, -0.15) is 0 Å². The summed E-state index contributed by atoms with van der Waals surface area (Å²) in [5, 5.41) is 13.0. The summed E-state index contributed by atoms with van der Waals surface area (Å²) in [4.78, 5) is 7.55. The SMILES string of the molecule is Cc1ncnc(NCC2(O)CCOC2C)c1F. The van der Waals surface area contributed by atoms with E-state index < -0.39 is 11.4 Å². The molecular weight excluding hydrogens is 225 g/mol. The number of ether oxygens (including phenoxy) is 1. The van der Waals surface area contributed by atoms with Gasteiger partial charge in [-0.15, -0.1) is 0 Å². The molecule has 5 nitrogen and oxygen atoms in total. The van der Waals surface area contributed by atoms with Gasteiger partial charge in [0.15, 0.2) is 11.6 Å². The predicted octanol–water partition coefficient (Wildman–Crippen LogP) is 0.876. The van der Waals surface area contributed by atoms with Crippen molar-refractivity contribution in [3.8, 4) is 0 Å². The highest BCUT2D eigenvalue weighted by Crippen LogP contribution is 2.26. The van der Waals surface area contributed by atoms with Gasteiger partial charge >= 0.3 is 0 Å². The summed E-state index contributed by atoms with van der Waals surface area (Å²) in [5.41, 5.74) is -0.684. The van der Waals surface area contributed by atoms with Crippen LogP contribution in [0.4, 0.5) is 10.2 Å². The number of aromatic nitrogens is 2. The molecule has 2 rings (SSSR count). The first-order valence-electron chi connectivity index (χ1n) is 5.58. The monoisotopic (exact) mass is 241 g/mol. The molecule has 0 spiro atoms. The highest BCUT2D eigenvalue weighted by molar-refractivity contribution is 5.37. The molecule has 1 aromatic rings. The second kappa shape index (κ2) is 4.54. The van der Waals surface area contributed by atoms with E-state index >= 15 is 0 Å². The minimum atomic E-state index is -0.967. The Kier molecular flexibility index (Phi) is 3.26. The van der Waals surface area contributed by atoms with Crippen LogP contribution >= 0.6 is 0 Å². The predicted molar refractivity (Wildman–Crippen MR) is 60.2 cm³/mol. The Morgan fingerprint density at radius 2 is 2.41 bits per heavy atom. The number of nitrogens with one attached hydrogen (secondary N) is 1. The Bertz CT molecular complexity index is 416. The fourth-order valence-electron chi connectivity index (χ4n) is 1.82. The Morgan fingerprint density at radius 3 is 3.06 bits per heavy atom. The molecule has 94 valence electrons. The summed E-state index contributed by atoms with van der Waals surface area (Å²) in [6.07, 6.45) is 1.56. The van der Waals surface area contributed by atoms with Crippen LogP contribution in [0.1, 0.15) is 19.0 Å². The summed E-state index contributed by atoms with van der Waals surface area (Å²) in [6.45, 7) is 4.10. The summed E-state index contributed by atoms with van der Waals surface area (Å²) >= 11 is 0. The van der Waals surface area contributed by atoms with Crippen molar-refractivity contribution in [1.82, 2.24) is 9.97 Å². The molecule has 0 bridgehead atoms. The van der Waals surface area contributed by atoms with Crippen molar-refractivity contribution in [2.75, 3.05) is 18.5 Å². The molecule has 0 radical (unpaired) electrons. The molecule has 1 aliphatic rings. The van der Waals surface area contributed by atoms with Crippen LogP contribution in [0.15, 0.2) is 6.33 Å². The normalized spacial score (nSPS) is 28.4. The van der Waals surface area contributed by atoms with Crippen LogP contribution in [0, 0.1) is 12.7 Å². The molecule has 2 atom stereocenters. The number of aliphatic hydroxyl groups is 1. The maximum atomic E-state index is 13.6. The smallest absolute Gasteiger partial charge is 0.186 e. The number of halogens is 1. The van der Waals surface area contributed by atoms with E-state index in [1.54, 1.807) is 13.8 Å². The average Bonchev–Trinajstić information content (AvgIpc) is 2.62. The van der Waals surface area contributed by atoms with Crippen molar-refractivity contribution in [1.29, 1.82) is 0 Å². The van der Waals surface area contributed by atoms with Gasteiger partial charge < -0.3 is 15.2 Å². The molecule has 0 aromatic carbocycles. The molecule has 1 aromatic heterocycles. The van der Waals surface area contributed by atoms with Crippen LogP contribution in [0.5, 0.6) is 0 Å². The van der Waals surface area contributed by atoms with Gasteiger partial charge in [-0.25, -0.2) is 14.4 Å². The van der Waals surface area contributed by atoms with E-state index in [-0.39, 0.29) is 24.2 Å². The standard InChI is InChI=1S/C11H16FN3O2/c1-7-9(12)10(15-6-14-7)13-5-11(16)3-4-17-8(11)2/h6,8,16H,3-5H2,1-2H3,(H,13,14,15). The lowest BCUT2D eigenvalue weighted by Crippen LogP contribution is -2.43. The van der Waals surface area contributed by atoms with E-state index in [1.807, 2.05) is 0 Å². The molecular formula is C11H16FN3O2. The van der Waals surface area contributed by atoms with Gasteiger partial charge in [-0.1, -0.05) is 0 Å². The van der Waals surface area contributed by atoms with Gasteiger partial charge in [-0.3, -0.25) is 0 Å². The van der Waals surface area contributed by atoms with Crippen molar-refractivity contribution in [2.24, 2.45) is 0 Å². The maximum absolute atomic E-state index is 13.6. The molecule has 0 aliphatic carbocycles. The lowest BCUT2D eigenvalue weighted by atomic mass is 9.97. The first kappa shape index (κ1) is 12.2. The van der Waals surface area contributed by atoms with Crippen molar-refractivity contribution in [3.63, 3.8) is 0 Å². The fourth-order valence-corrected chi connectivity index (χ4v) is 1.82. The molecule has 17 heavy (non-hydrogen) atoms. The third-order valence-corrected chi connectivity index (χ3v) is 3.19. The Morgan fingerprint density at radius 1 is 1.65 bits per heavy atom. The van der Waals surface area contributed by atoms with Gasteiger partial charge in [0, 0.05) is 19.6 Å². The molecule has 1 fully saturated rings. The van der Waals surface area contributed by atoms with Crippen molar-refractivity contribution in [2.45, 2.75) is 32.0 Å². The molecule has 2 N–H and O–H groups in total. The van der Waals surface area contributed by atoms with E-state index in [0.29, 0.717) is 13.0 Å². The second-order valence-electron chi connectivity index (χ2n) is 4.34. The minimum absolute atomic E-state index is 0.116. The topological polar surface area (TPSA) is 67.3 Å². The number of aryl methyl sites for hydroxylation is 1. The zero-order chi connectivity index (χ0) is 12.5. The number of rotatable bonds is 3. The van der Waals surface area contributed by atoms with Crippen LogP contribution in [-0.4, -0.2) is 39.9 Å². The number of nitrogens with zero attached hydrogens (tertiary/aromatic N) is 2. The van der Waals surface area contributed by atoms with Crippen LogP contribution in [0.25, 0.3) is 0 Å². The van der Waals surface area contributed by atoms with Gasteiger partial charge in [0.05, 0.1) is 11.8 Å². The Balaban J connectivity index is 2.05. The third kappa shape index (κ3) is 2.37. The van der Waals surface area contributed by atoms with Crippen LogP contribution in [0.3, 0.4) is 0 Å². The van der Waals surface area contributed by atoms with Gasteiger partial charge in [0.25, 0.3) is 0 Å². The number of hydrogen-bond acceptors (Lipinski definition) is 5. The van der Waals surface area contributed by atoms with Crippen molar-refractivity contribution >= 4 is 5.82 Å². The maximum Gasteiger partial charge on any atom is 0.186 e. The lowest BCUT2D eigenvalue weighted by molar-refractivity contribution is -0.0176. The van der Waals surface area contributed by atoms with Crippen LogP contribution in [-0.2, 0) is 4.74 Å². The molecule has 1 saturated heterocycles. The second-order valence-corrected chi connectivity index (χ2v) is 4.34. The molecule has 1 aliphatic heterocycles. The Labute approximate surface area is 99.0 Å².